The van der Waals surface area contributed by atoms with Crippen molar-refractivity contribution >= 4 is 23.5 Å². The van der Waals surface area contributed by atoms with Gasteiger partial charge in [-0.1, -0.05) is 24.6 Å². The van der Waals surface area contributed by atoms with Crippen LogP contribution in [0, 0.1) is 5.92 Å². The normalized spacial score (nSPS) is 23.4. The molecule has 0 radical (unpaired) electrons. The summed E-state index contributed by atoms with van der Waals surface area (Å²) in [6, 6.07) is 5.24. The maximum absolute atomic E-state index is 12.6. The SMILES string of the molecule is COc1cccc(Cl)c1CC(=O)N[C@]1(C(=O)OC)CC[C@@H](C)CC1. The summed E-state index contributed by atoms with van der Waals surface area (Å²) < 4.78 is 10.2. The molecule has 0 aliphatic heterocycles. The molecule has 1 aromatic carbocycles. The number of rotatable bonds is 5. The molecular weight excluding hydrogens is 330 g/mol. The number of ether oxygens (including phenoxy) is 2. The van der Waals surface area contributed by atoms with Gasteiger partial charge in [0.2, 0.25) is 5.91 Å². The maximum Gasteiger partial charge on any atom is 0.331 e. The second-order valence-corrected chi connectivity index (χ2v) is 6.81. The highest BCUT2D eigenvalue weighted by molar-refractivity contribution is 6.31. The van der Waals surface area contributed by atoms with Crippen molar-refractivity contribution in [2.45, 2.75) is 44.6 Å². The summed E-state index contributed by atoms with van der Waals surface area (Å²) in [5.41, 5.74) is -0.323. The lowest BCUT2D eigenvalue weighted by molar-refractivity contribution is -0.153. The van der Waals surface area contributed by atoms with Crippen molar-refractivity contribution < 1.29 is 19.1 Å². The van der Waals surface area contributed by atoms with E-state index in [9.17, 15) is 9.59 Å². The number of benzene rings is 1. The summed E-state index contributed by atoms with van der Waals surface area (Å²) in [5, 5.41) is 3.37. The van der Waals surface area contributed by atoms with Gasteiger partial charge in [-0.2, -0.15) is 0 Å². The average Bonchev–Trinajstić information content (AvgIpc) is 2.58. The smallest absolute Gasteiger partial charge is 0.331 e. The van der Waals surface area contributed by atoms with Crippen molar-refractivity contribution in [2.24, 2.45) is 5.92 Å². The summed E-state index contributed by atoms with van der Waals surface area (Å²) in [6.07, 6.45) is 2.99. The van der Waals surface area contributed by atoms with Crippen LogP contribution >= 0.6 is 11.6 Å². The molecule has 0 aromatic heterocycles. The van der Waals surface area contributed by atoms with Gasteiger partial charge in [0.1, 0.15) is 11.3 Å². The molecule has 1 aliphatic carbocycles. The first-order chi connectivity index (χ1) is 11.4. The summed E-state index contributed by atoms with van der Waals surface area (Å²) in [7, 11) is 2.89. The van der Waals surface area contributed by atoms with Crippen LogP contribution in [-0.4, -0.2) is 31.6 Å². The van der Waals surface area contributed by atoms with E-state index < -0.39 is 5.54 Å². The largest absolute Gasteiger partial charge is 0.496 e. The zero-order valence-corrected chi connectivity index (χ0v) is 15.1. The van der Waals surface area contributed by atoms with Crippen LogP contribution in [0.5, 0.6) is 5.75 Å². The first-order valence-corrected chi connectivity index (χ1v) is 8.50. The molecule has 0 unspecified atom stereocenters. The van der Waals surface area contributed by atoms with Crippen molar-refractivity contribution in [2.75, 3.05) is 14.2 Å². The molecule has 5 nitrogen and oxygen atoms in total. The van der Waals surface area contributed by atoms with E-state index in [-0.39, 0.29) is 18.3 Å². The van der Waals surface area contributed by atoms with E-state index in [2.05, 4.69) is 12.2 Å². The van der Waals surface area contributed by atoms with Crippen LogP contribution in [0.3, 0.4) is 0 Å². The van der Waals surface area contributed by atoms with Gasteiger partial charge in [0.25, 0.3) is 0 Å². The lowest BCUT2D eigenvalue weighted by Crippen LogP contribution is -2.57. The van der Waals surface area contributed by atoms with E-state index >= 15 is 0 Å². The van der Waals surface area contributed by atoms with Crippen LogP contribution < -0.4 is 10.1 Å². The molecule has 6 heteroatoms. The van der Waals surface area contributed by atoms with Crippen molar-refractivity contribution in [3.05, 3.63) is 28.8 Å². The topological polar surface area (TPSA) is 64.6 Å². The third kappa shape index (κ3) is 4.01. The molecule has 24 heavy (non-hydrogen) atoms. The summed E-state index contributed by atoms with van der Waals surface area (Å²) in [5.74, 6) is 0.459. The molecule has 1 saturated carbocycles. The van der Waals surface area contributed by atoms with Gasteiger partial charge in [-0.25, -0.2) is 4.79 Å². The molecule has 1 aromatic rings. The van der Waals surface area contributed by atoms with E-state index in [1.165, 1.54) is 14.2 Å². The summed E-state index contributed by atoms with van der Waals surface area (Å²) in [4.78, 5) is 24.9. The maximum atomic E-state index is 12.6. The number of carbonyl (C=O) groups is 2. The number of amides is 1. The van der Waals surface area contributed by atoms with Gasteiger partial charge in [0, 0.05) is 10.6 Å². The number of esters is 1. The fourth-order valence-electron chi connectivity index (χ4n) is 3.20. The molecule has 0 saturated heterocycles. The van der Waals surface area contributed by atoms with Gasteiger partial charge in [0.15, 0.2) is 0 Å². The number of carbonyl (C=O) groups excluding carboxylic acids is 2. The van der Waals surface area contributed by atoms with Gasteiger partial charge < -0.3 is 14.8 Å². The predicted molar refractivity (Wildman–Crippen MR) is 92.2 cm³/mol. The molecule has 1 amide bonds. The number of methoxy groups -OCH3 is 2. The summed E-state index contributed by atoms with van der Waals surface area (Å²) in [6.45, 7) is 2.15. The van der Waals surface area contributed by atoms with Gasteiger partial charge in [0.05, 0.1) is 20.6 Å². The third-order valence-corrected chi connectivity index (χ3v) is 5.07. The second-order valence-electron chi connectivity index (χ2n) is 6.40. The standard InChI is InChI=1S/C18H24ClNO4/c1-12-7-9-18(10-8-12,17(22)24-3)20-16(21)11-13-14(19)5-4-6-15(13)23-2/h4-6,12H,7-11H2,1-3H3,(H,20,21)/t12-,18-. The lowest BCUT2D eigenvalue weighted by atomic mass is 9.77. The molecule has 1 fully saturated rings. The van der Waals surface area contributed by atoms with Crippen molar-refractivity contribution in [1.82, 2.24) is 5.32 Å². The highest BCUT2D eigenvalue weighted by Gasteiger charge is 2.43. The van der Waals surface area contributed by atoms with Crippen molar-refractivity contribution in [3.63, 3.8) is 0 Å². The fourth-order valence-corrected chi connectivity index (χ4v) is 3.44. The Bertz CT molecular complexity index is 609. The number of halogens is 1. The van der Waals surface area contributed by atoms with E-state index in [4.69, 9.17) is 21.1 Å². The van der Waals surface area contributed by atoms with Crippen LogP contribution in [0.15, 0.2) is 18.2 Å². The Morgan fingerprint density at radius 3 is 2.54 bits per heavy atom. The van der Waals surface area contributed by atoms with Crippen molar-refractivity contribution in [1.29, 1.82) is 0 Å². The van der Waals surface area contributed by atoms with Crippen LogP contribution in [0.4, 0.5) is 0 Å². The van der Waals surface area contributed by atoms with E-state index in [1.807, 2.05) is 0 Å². The first-order valence-electron chi connectivity index (χ1n) is 8.12. The van der Waals surface area contributed by atoms with Gasteiger partial charge in [-0.05, 0) is 43.7 Å². The van der Waals surface area contributed by atoms with E-state index in [0.29, 0.717) is 35.1 Å². The average molecular weight is 354 g/mol. The minimum absolute atomic E-state index is 0.0527. The minimum Gasteiger partial charge on any atom is -0.496 e. The van der Waals surface area contributed by atoms with Crippen LogP contribution in [-0.2, 0) is 20.7 Å². The fraction of sp³-hybridized carbons (Fsp3) is 0.556. The molecule has 0 atom stereocenters. The lowest BCUT2D eigenvalue weighted by Gasteiger charge is -2.37. The Morgan fingerprint density at radius 1 is 1.29 bits per heavy atom. The zero-order chi connectivity index (χ0) is 17.7. The Labute approximate surface area is 147 Å². The minimum atomic E-state index is -0.938. The number of hydrogen-bond donors (Lipinski definition) is 1. The van der Waals surface area contributed by atoms with Gasteiger partial charge in [-0.15, -0.1) is 0 Å². The quantitative estimate of drug-likeness (QED) is 0.826. The molecule has 1 aliphatic rings. The van der Waals surface area contributed by atoms with Gasteiger partial charge >= 0.3 is 5.97 Å². The van der Waals surface area contributed by atoms with Crippen LogP contribution in [0.2, 0.25) is 5.02 Å². The number of nitrogens with one attached hydrogen (secondary N) is 1. The molecule has 0 bridgehead atoms. The molecule has 1 N–H and O–H groups in total. The zero-order valence-electron chi connectivity index (χ0n) is 14.4. The third-order valence-electron chi connectivity index (χ3n) is 4.72. The van der Waals surface area contributed by atoms with Crippen LogP contribution in [0.25, 0.3) is 0 Å². The predicted octanol–water partition coefficient (Wildman–Crippen LogP) is 3.13. The Kier molecular flexibility index (Phi) is 6.10. The Balaban J connectivity index is 2.16. The highest BCUT2D eigenvalue weighted by Crippen LogP contribution is 2.33. The molecule has 132 valence electrons. The Hall–Kier alpha value is -1.75. The highest BCUT2D eigenvalue weighted by atomic mass is 35.5. The molecule has 0 heterocycles. The molecule has 0 spiro atoms. The Morgan fingerprint density at radius 2 is 1.96 bits per heavy atom. The molecule has 2 rings (SSSR count). The van der Waals surface area contributed by atoms with Crippen molar-refractivity contribution in [3.8, 4) is 5.75 Å². The first kappa shape index (κ1) is 18.6. The second kappa shape index (κ2) is 7.88. The summed E-state index contributed by atoms with van der Waals surface area (Å²) >= 11 is 6.19. The van der Waals surface area contributed by atoms with Gasteiger partial charge in [-0.3, -0.25) is 4.79 Å². The monoisotopic (exact) mass is 353 g/mol. The van der Waals surface area contributed by atoms with E-state index in [1.54, 1.807) is 18.2 Å². The number of hydrogen-bond acceptors (Lipinski definition) is 4. The van der Waals surface area contributed by atoms with E-state index in [0.717, 1.165) is 12.8 Å². The van der Waals surface area contributed by atoms with Crippen LogP contribution in [0.1, 0.15) is 38.2 Å². The molecular formula is C18H24ClNO4.